The lowest BCUT2D eigenvalue weighted by atomic mass is 10.2. The minimum atomic E-state index is 0.448. The Kier molecular flexibility index (Phi) is 3.08. The van der Waals surface area contributed by atoms with Crippen LogP contribution in [0, 0.1) is 11.3 Å². The first-order valence-electron chi connectivity index (χ1n) is 4.74. The van der Waals surface area contributed by atoms with Crippen LogP contribution < -0.4 is 10.5 Å². The lowest BCUT2D eigenvalue weighted by molar-refractivity contribution is 0.310. The molecule has 2 aromatic rings. The Hall–Kier alpha value is -1.99. The van der Waals surface area contributed by atoms with Crippen LogP contribution in [0.15, 0.2) is 35.7 Å². The quantitative estimate of drug-likeness (QED) is 0.825. The second-order valence-electron chi connectivity index (χ2n) is 3.23. The van der Waals surface area contributed by atoms with Crippen molar-refractivity contribution < 1.29 is 4.74 Å². The lowest BCUT2D eigenvalue weighted by Gasteiger charge is -2.05. The van der Waals surface area contributed by atoms with Crippen LogP contribution >= 0.6 is 11.3 Å². The van der Waals surface area contributed by atoms with Gasteiger partial charge in [0.25, 0.3) is 0 Å². The van der Waals surface area contributed by atoms with Gasteiger partial charge < -0.3 is 10.5 Å². The number of thiophene rings is 1. The zero-order valence-electron chi connectivity index (χ0n) is 8.51. The van der Waals surface area contributed by atoms with Crippen molar-refractivity contribution in [3.8, 4) is 11.8 Å². The van der Waals surface area contributed by atoms with E-state index >= 15 is 0 Å². The number of ether oxygens (including phenoxy) is 1. The Labute approximate surface area is 97.7 Å². The molecule has 0 aliphatic heterocycles. The molecule has 16 heavy (non-hydrogen) atoms. The second kappa shape index (κ2) is 4.69. The Bertz CT molecular complexity index is 514. The molecule has 0 aliphatic rings. The molecule has 1 aromatic carbocycles. The van der Waals surface area contributed by atoms with Crippen LogP contribution in [0.1, 0.15) is 10.4 Å². The van der Waals surface area contributed by atoms with E-state index < -0.39 is 0 Å². The van der Waals surface area contributed by atoms with Crippen LogP contribution in [0.3, 0.4) is 0 Å². The summed E-state index contributed by atoms with van der Waals surface area (Å²) >= 11 is 1.64. The molecule has 0 bridgehead atoms. The van der Waals surface area contributed by atoms with Gasteiger partial charge in [0.1, 0.15) is 18.4 Å². The van der Waals surface area contributed by atoms with Gasteiger partial charge in [-0.3, -0.25) is 0 Å². The van der Waals surface area contributed by atoms with Crippen molar-refractivity contribution in [2.75, 3.05) is 5.73 Å². The zero-order chi connectivity index (χ0) is 11.4. The van der Waals surface area contributed by atoms with E-state index in [-0.39, 0.29) is 0 Å². The highest BCUT2D eigenvalue weighted by Gasteiger charge is 2.01. The average Bonchev–Trinajstić information content (AvgIpc) is 2.81. The van der Waals surface area contributed by atoms with Crippen molar-refractivity contribution in [1.82, 2.24) is 0 Å². The van der Waals surface area contributed by atoms with Gasteiger partial charge in [-0.15, -0.1) is 11.3 Å². The second-order valence-corrected chi connectivity index (χ2v) is 4.26. The number of nitrogen functional groups attached to an aromatic ring is 1. The SMILES string of the molecule is N#Cc1cc(OCc2cccs2)ccc1N. The first-order chi connectivity index (χ1) is 7.79. The number of nitrogens with two attached hydrogens (primary N) is 1. The van der Waals surface area contributed by atoms with E-state index in [1.807, 2.05) is 23.6 Å². The molecule has 0 saturated carbocycles. The van der Waals surface area contributed by atoms with Gasteiger partial charge in [0.05, 0.1) is 5.56 Å². The van der Waals surface area contributed by atoms with E-state index in [0.29, 0.717) is 23.6 Å². The fourth-order valence-corrected chi connectivity index (χ4v) is 1.89. The van der Waals surface area contributed by atoms with Crippen molar-refractivity contribution >= 4 is 17.0 Å². The highest BCUT2D eigenvalue weighted by molar-refractivity contribution is 7.09. The third kappa shape index (κ3) is 2.33. The maximum atomic E-state index is 8.81. The Morgan fingerprint density at radius 1 is 1.38 bits per heavy atom. The number of nitriles is 1. The molecule has 0 unspecified atom stereocenters. The van der Waals surface area contributed by atoms with Crippen molar-refractivity contribution in [2.45, 2.75) is 6.61 Å². The number of rotatable bonds is 3. The summed E-state index contributed by atoms with van der Waals surface area (Å²) in [5, 5.41) is 10.8. The van der Waals surface area contributed by atoms with Crippen molar-refractivity contribution in [1.29, 1.82) is 5.26 Å². The highest BCUT2D eigenvalue weighted by Crippen LogP contribution is 2.20. The predicted molar refractivity (Wildman–Crippen MR) is 64.2 cm³/mol. The van der Waals surface area contributed by atoms with Gasteiger partial charge in [-0.05, 0) is 29.6 Å². The van der Waals surface area contributed by atoms with Crippen LogP contribution in [0.2, 0.25) is 0 Å². The monoisotopic (exact) mass is 230 g/mol. The molecule has 1 heterocycles. The van der Waals surface area contributed by atoms with Gasteiger partial charge in [0.2, 0.25) is 0 Å². The summed E-state index contributed by atoms with van der Waals surface area (Å²) in [6, 6.07) is 11.1. The summed E-state index contributed by atoms with van der Waals surface area (Å²) < 4.78 is 5.55. The van der Waals surface area contributed by atoms with Gasteiger partial charge in [-0.2, -0.15) is 5.26 Å². The summed E-state index contributed by atoms with van der Waals surface area (Å²) in [6.07, 6.45) is 0. The van der Waals surface area contributed by atoms with E-state index in [4.69, 9.17) is 15.7 Å². The number of nitrogens with zero attached hydrogens (tertiary/aromatic N) is 1. The zero-order valence-corrected chi connectivity index (χ0v) is 9.33. The highest BCUT2D eigenvalue weighted by atomic mass is 32.1. The van der Waals surface area contributed by atoms with E-state index in [1.54, 1.807) is 29.5 Å². The molecule has 0 saturated heterocycles. The van der Waals surface area contributed by atoms with Crippen LogP contribution in [0.4, 0.5) is 5.69 Å². The maximum absolute atomic E-state index is 8.81. The van der Waals surface area contributed by atoms with Gasteiger partial charge >= 0.3 is 0 Å². The molecule has 2 N–H and O–H groups in total. The molecule has 0 radical (unpaired) electrons. The van der Waals surface area contributed by atoms with E-state index in [9.17, 15) is 0 Å². The van der Waals surface area contributed by atoms with E-state index in [2.05, 4.69) is 0 Å². The van der Waals surface area contributed by atoms with Crippen LogP contribution in [-0.4, -0.2) is 0 Å². The number of benzene rings is 1. The molecule has 0 aliphatic carbocycles. The Morgan fingerprint density at radius 2 is 2.25 bits per heavy atom. The topological polar surface area (TPSA) is 59.0 Å². The van der Waals surface area contributed by atoms with Crippen molar-refractivity contribution in [3.63, 3.8) is 0 Å². The molecule has 80 valence electrons. The van der Waals surface area contributed by atoms with Crippen molar-refractivity contribution in [2.24, 2.45) is 0 Å². The molecular weight excluding hydrogens is 220 g/mol. The van der Waals surface area contributed by atoms with E-state index in [0.717, 1.165) is 4.88 Å². The van der Waals surface area contributed by atoms with Crippen molar-refractivity contribution in [3.05, 3.63) is 46.2 Å². The van der Waals surface area contributed by atoms with Gasteiger partial charge in [0, 0.05) is 10.6 Å². The molecule has 0 atom stereocenters. The van der Waals surface area contributed by atoms with Gasteiger partial charge in [-0.1, -0.05) is 6.07 Å². The third-order valence-corrected chi connectivity index (χ3v) is 2.96. The summed E-state index contributed by atoms with van der Waals surface area (Å²) in [6.45, 7) is 0.520. The summed E-state index contributed by atoms with van der Waals surface area (Å²) in [4.78, 5) is 1.15. The molecule has 3 nitrogen and oxygen atoms in total. The van der Waals surface area contributed by atoms with E-state index in [1.165, 1.54) is 0 Å². The lowest BCUT2D eigenvalue weighted by Crippen LogP contribution is -1.95. The normalized spacial score (nSPS) is 9.69. The molecular formula is C12H10N2OS. The standard InChI is InChI=1S/C12H10N2OS/c13-7-9-6-10(3-4-12(9)14)15-8-11-2-1-5-16-11/h1-6H,8,14H2. The summed E-state index contributed by atoms with van der Waals surface area (Å²) in [5.74, 6) is 0.666. The van der Waals surface area contributed by atoms with Gasteiger partial charge in [-0.25, -0.2) is 0 Å². The third-order valence-electron chi connectivity index (χ3n) is 2.11. The number of anilines is 1. The minimum absolute atomic E-state index is 0.448. The van der Waals surface area contributed by atoms with Crippen LogP contribution in [0.5, 0.6) is 5.75 Å². The summed E-state index contributed by atoms with van der Waals surface area (Å²) in [5.41, 5.74) is 6.54. The predicted octanol–water partition coefficient (Wildman–Crippen LogP) is 2.78. The average molecular weight is 230 g/mol. The molecule has 0 spiro atoms. The smallest absolute Gasteiger partial charge is 0.122 e. The number of hydrogen-bond donors (Lipinski definition) is 1. The molecule has 0 fully saturated rings. The first-order valence-corrected chi connectivity index (χ1v) is 5.62. The fraction of sp³-hybridized carbons (Fsp3) is 0.0833. The fourth-order valence-electron chi connectivity index (χ4n) is 1.27. The van der Waals surface area contributed by atoms with Gasteiger partial charge in [0.15, 0.2) is 0 Å². The Morgan fingerprint density at radius 3 is 2.94 bits per heavy atom. The molecule has 4 heteroatoms. The van der Waals surface area contributed by atoms with Crippen LogP contribution in [-0.2, 0) is 6.61 Å². The Balaban J connectivity index is 2.08. The van der Waals surface area contributed by atoms with Crippen LogP contribution in [0.25, 0.3) is 0 Å². The molecule has 1 aromatic heterocycles. The minimum Gasteiger partial charge on any atom is -0.488 e. The number of hydrogen-bond acceptors (Lipinski definition) is 4. The molecule has 2 rings (SSSR count). The molecule has 0 amide bonds. The largest absolute Gasteiger partial charge is 0.488 e. The maximum Gasteiger partial charge on any atom is 0.122 e. The first kappa shape index (κ1) is 10.5. The summed E-state index contributed by atoms with van der Waals surface area (Å²) in [7, 11) is 0.